The third-order valence-electron chi connectivity index (χ3n) is 1.98. The Morgan fingerprint density at radius 3 is 3.07 bits per heavy atom. The zero-order chi connectivity index (χ0) is 10.2. The molecule has 1 aromatic rings. The molecule has 1 unspecified atom stereocenters. The van der Waals surface area contributed by atoms with Gasteiger partial charge in [0.05, 0.1) is 12.3 Å². The summed E-state index contributed by atoms with van der Waals surface area (Å²) < 4.78 is 8.94. The second kappa shape index (κ2) is 6.86. The number of hydrogen-bond donors (Lipinski definition) is 1. The molecule has 80 valence electrons. The molecule has 5 heteroatoms. The predicted molar refractivity (Wildman–Crippen MR) is 57.3 cm³/mol. The lowest BCUT2D eigenvalue weighted by molar-refractivity contribution is 0.161. The molecule has 1 atom stereocenters. The topological polar surface area (TPSA) is 47.0 Å². The highest BCUT2D eigenvalue weighted by atomic mass is 32.1. The maximum Gasteiger partial charge on any atom is 0.0893 e. The Bertz CT molecular complexity index is 222. The summed E-state index contributed by atoms with van der Waals surface area (Å²) >= 11 is 1.39. The summed E-state index contributed by atoms with van der Waals surface area (Å²) in [6.45, 7) is 3.71. The van der Waals surface area contributed by atoms with E-state index in [4.69, 9.17) is 4.74 Å². The Morgan fingerprint density at radius 2 is 2.50 bits per heavy atom. The van der Waals surface area contributed by atoms with E-state index in [0.29, 0.717) is 6.04 Å². The van der Waals surface area contributed by atoms with Gasteiger partial charge < -0.3 is 10.1 Å². The zero-order valence-electron chi connectivity index (χ0n) is 8.69. The highest BCUT2D eigenvalue weighted by Gasteiger charge is 2.06. The number of hydrogen-bond acceptors (Lipinski definition) is 5. The average molecular weight is 215 g/mol. The van der Waals surface area contributed by atoms with Crippen LogP contribution in [0, 0.1) is 0 Å². The van der Waals surface area contributed by atoms with E-state index < -0.39 is 0 Å². The lowest BCUT2D eigenvalue weighted by Crippen LogP contribution is -2.32. The monoisotopic (exact) mass is 215 g/mol. The van der Waals surface area contributed by atoms with Crippen LogP contribution in [0.2, 0.25) is 0 Å². The van der Waals surface area contributed by atoms with E-state index in [1.165, 1.54) is 11.5 Å². The number of aromatic nitrogens is 2. The van der Waals surface area contributed by atoms with Gasteiger partial charge in [0.25, 0.3) is 0 Å². The first-order valence-corrected chi connectivity index (χ1v) is 5.68. The summed E-state index contributed by atoms with van der Waals surface area (Å²) in [6, 6.07) is 0.423. The third-order valence-corrected chi connectivity index (χ3v) is 2.54. The number of rotatable bonds is 7. The van der Waals surface area contributed by atoms with Crippen molar-refractivity contribution in [1.82, 2.24) is 14.9 Å². The van der Waals surface area contributed by atoms with Gasteiger partial charge in [-0.15, -0.1) is 5.10 Å². The molecule has 1 heterocycles. The molecule has 0 aromatic carbocycles. The number of methoxy groups -OCH3 is 1. The fourth-order valence-electron chi connectivity index (χ4n) is 1.30. The molecule has 0 amide bonds. The molecule has 0 saturated heterocycles. The summed E-state index contributed by atoms with van der Waals surface area (Å²) in [7, 11) is 1.73. The van der Waals surface area contributed by atoms with Crippen molar-refractivity contribution in [3.8, 4) is 0 Å². The highest BCUT2D eigenvalue weighted by Crippen LogP contribution is 2.01. The van der Waals surface area contributed by atoms with Crippen molar-refractivity contribution in [2.24, 2.45) is 0 Å². The Labute approximate surface area is 88.8 Å². The van der Waals surface area contributed by atoms with Gasteiger partial charge in [0, 0.05) is 25.1 Å². The molecule has 14 heavy (non-hydrogen) atoms. The Kier molecular flexibility index (Phi) is 5.66. The molecular weight excluding hydrogens is 198 g/mol. The van der Waals surface area contributed by atoms with Gasteiger partial charge in [-0.05, 0) is 18.0 Å². The van der Waals surface area contributed by atoms with Crippen molar-refractivity contribution in [2.45, 2.75) is 32.4 Å². The number of nitrogens with one attached hydrogen (secondary N) is 1. The quantitative estimate of drug-likeness (QED) is 0.747. The van der Waals surface area contributed by atoms with E-state index in [1.807, 2.05) is 5.38 Å². The standard InChI is InChI=1S/C9H17N3OS/c1-3-4-8(6-13-2)10-5-9-7-14-12-11-9/h7-8,10H,3-6H2,1-2H3. The number of ether oxygens (including phenoxy) is 1. The van der Waals surface area contributed by atoms with Crippen LogP contribution < -0.4 is 5.32 Å². The van der Waals surface area contributed by atoms with Gasteiger partial charge in [-0.3, -0.25) is 0 Å². The predicted octanol–water partition coefficient (Wildman–Crippen LogP) is 1.44. The van der Waals surface area contributed by atoms with Gasteiger partial charge in [-0.2, -0.15) is 0 Å². The molecule has 0 fully saturated rings. The first kappa shape index (κ1) is 11.6. The maximum absolute atomic E-state index is 5.13. The molecule has 0 aliphatic carbocycles. The van der Waals surface area contributed by atoms with Crippen molar-refractivity contribution in [1.29, 1.82) is 0 Å². The van der Waals surface area contributed by atoms with Crippen molar-refractivity contribution >= 4 is 11.5 Å². The summed E-state index contributed by atoms with van der Waals surface area (Å²) in [6.07, 6.45) is 2.29. The van der Waals surface area contributed by atoms with Gasteiger partial charge in [-0.1, -0.05) is 17.8 Å². The molecule has 1 N–H and O–H groups in total. The maximum atomic E-state index is 5.13. The second-order valence-electron chi connectivity index (χ2n) is 3.22. The molecule has 1 aromatic heterocycles. The average Bonchev–Trinajstić information content (AvgIpc) is 2.67. The molecule has 1 rings (SSSR count). The van der Waals surface area contributed by atoms with E-state index in [9.17, 15) is 0 Å². The minimum atomic E-state index is 0.423. The lowest BCUT2D eigenvalue weighted by Gasteiger charge is -2.15. The van der Waals surface area contributed by atoms with E-state index in [0.717, 1.165) is 31.7 Å². The van der Waals surface area contributed by atoms with Crippen molar-refractivity contribution < 1.29 is 4.74 Å². The fourth-order valence-corrected chi connectivity index (χ4v) is 1.76. The number of nitrogens with zero attached hydrogens (tertiary/aromatic N) is 2. The van der Waals surface area contributed by atoms with E-state index >= 15 is 0 Å². The third kappa shape index (κ3) is 4.13. The van der Waals surface area contributed by atoms with E-state index in [2.05, 4.69) is 21.8 Å². The SMILES string of the molecule is CCCC(COC)NCc1csnn1. The molecule has 0 spiro atoms. The van der Waals surface area contributed by atoms with Crippen LogP contribution in [0.25, 0.3) is 0 Å². The van der Waals surface area contributed by atoms with Crippen LogP contribution in [-0.2, 0) is 11.3 Å². The van der Waals surface area contributed by atoms with E-state index in [1.54, 1.807) is 7.11 Å². The minimum absolute atomic E-state index is 0.423. The van der Waals surface area contributed by atoms with Gasteiger partial charge in [-0.25, -0.2) is 0 Å². The first-order chi connectivity index (χ1) is 6.86. The largest absolute Gasteiger partial charge is 0.383 e. The summed E-state index contributed by atoms with van der Waals surface area (Å²) in [5, 5.41) is 9.34. The van der Waals surface area contributed by atoms with Crippen LogP contribution in [0.5, 0.6) is 0 Å². The summed E-state index contributed by atoms with van der Waals surface area (Å²) in [4.78, 5) is 0. The van der Waals surface area contributed by atoms with Gasteiger partial charge in [0.15, 0.2) is 0 Å². The zero-order valence-corrected chi connectivity index (χ0v) is 9.51. The molecule has 0 aliphatic rings. The molecule has 4 nitrogen and oxygen atoms in total. The van der Waals surface area contributed by atoms with Crippen LogP contribution in [0.4, 0.5) is 0 Å². The molecule has 0 saturated carbocycles. The minimum Gasteiger partial charge on any atom is -0.383 e. The van der Waals surface area contributed by atoms with Gasteiger partial charge in [0.2, 0.25) is 0 Å². The van der Waals surface area contributed by atoms with Gasteiger partial charge >= 0.3 is 0 Å². The Hall–Kier alpha value is -0.520. The van der Waals surface area contributed by atoms with Crippen LogP contribution in [0.3, 0.4) is 0 Å². The normalized spacial score (nSPS) is 13.0. The Balaban J connectivity index is 2.25. The first-order valence-electron chi connectivity index (χ1n) is 4.85. The summed E-state index contributed by atoms with van der Waals surface area (Å²) in [5.41, 5.74) is 1.01. The van der Waals surface area contributed by atoms with Crippen molar-refractivity contribution in [3.63, 3.8) is 0 Å². The molecule has 0 bridgehead atoms. The lowest BCUT2D eigenvalue weighted by atomic mass is 10.2. The van der Waals surface area contributed by atoms with Gasteiger partial charge in [0.1, 0.15) is 0 Å². The van der Waals surface area contributed by atoms with Crippen LogP contribution >= 0.6 is 11.5 Å². The molecular formula is C9H17N3OS. The smallest absolute Gasteiger partial charge is 0.0893 e. The van der Waals surface area contributed by atoms with Crippen LogP contribution in [-0.4, -0.2) is 29.3 Å². The second-order valence-corrected chi connectivity index (χ2v) is 3.83. The van der Waals surface area contributed by atoms with E-state index in [-0.39, 0.29) is 0 Å². The molecule has 0 radical (unpaired) electrons. The van der Waals surface area contributed by atoms with Crippen molar-refractivity contribution in [2.75, 3.05) is 13.7 Å². The fraction of sp³-hybridized carbons (Fsp3) is 0.778. The summed E-state index contributed by atoms with van der Waals surface area (Å²) in [5.74, 6) is 0. The molecule has 0 aliphatic heterocycles. The van der Waals surface area contributed by atoms with Crippen LogP contribution in [0.1, 0.15) is 25.5 Å². The van der Waals surface area contributed by atoms with Crippen molar-refractivity contribution in [3.05, 3.63) is 11.1 Å². The van der Waals surface area contributed by atoms with Crippen LogP contribution in [0.15, 0.2) is 5.38 Å². The highest BCUT2D eigenvalue weighted by molar-refractivity contribution is 7.03. The Morgan fingerprint density at radius 1 is 1.64 bits per heavy atom.